The number of sulfonamides is 1. The number of pyridine rings is 1. The van der Waals surface area contributed by atoms with Gasteiger partial charge in [-0.2, -0.15) is 0 Å². The molecule has 3 rings (SSSR count). The van der Waals surface area contributed by atoms with E-state index in [1.165, 1.54) is 0 Å². The van der Waals surface area contributed by atoms with Gasteiger partial charge in [0.05, 0.1) is 16.5 Å². The molecule has 1 aliphatic carbocycles. The van der Waals surface area contributed by atoms with Gasteiger partial charge in [-0.05, 0) is 37.8 Å². The summed E-state index contributed by atoms with van der Waals surface area (Å²) < 4.78 is 26.2. The van der Waals surface area contributed by atoms with Crippen LogP contribution < -0.4 is 4.72 Å². The molecule has 0 aliphatic heterocycles. The molecule has 1 saturated carbocycles. The van der Waals surface area contributed by atoms with E-state index < -0.39 is 14.8 Å². The van der Waals surface area contributed by atoms with E-state index >= 15 is 0 Å². The monoisotopic (exact) mass is 313 g/mol. The molecule has 5 nitrogen and oxygen atoms in total. The quantitative estimate of drug-likeness (QED) is 0.831. The molecule has 0 amide bonds. The second kappa shape index (κ2) is 4.72. The molecule has 0 atom stereocenters. The van der Waals surface area contributed by atoms with Crippen LogP contribution in [0.1, 0.15) is 25.3 Å². The van der Waals surface area contributed by atoms with Crippen molar-refractivity contribution < 1.29 is 8.42 Å². The second-order valence-corrected chi connectivity index (χ2v) is 8.13. The molecule has 2 aromatic heterocycles. The third-order valence-corrected chi connectivity index (χ3v) is 6.40. The van der Waals surface area contributed by atoms with Gasteiger partial charge in [-0.1, -0.05) is 11.6 Å². The average Bonchev–Trinajstić information content (AvgIpc) is 3.03. The summed E-state index contributed by atoms with van der Waals surface area (Å²) in [5.74, 6) is 0. The van der Waals surface area contributed by atoms with Crippen LogP contribution >= 0.6 is 11.6 Å². The zero-order valence-corrected chi connectivity index (χ0v) is 12.7. The summed E-state index contributed by atoms with van der Waals surface area (Å²) in [7, 11) is -3.20. The molecular formula is C13H16ClN3O2S. The first-order valence-corrected chi connectivity index (χ1v) is 8.38. The van der Waals surface area contributed by atoms with E-state index in [-0.39, 0.29) is 0 Å². The molecule has 20 heavy (non-hydrogen) atoms. The van der Waals surface area contributed by atoms with E-state index in [2.05, 4.69) is 14.7 Å². The smallest absolute Gasteiger partial charge is 0.217 e. The van der Waals surface area contributed by atoms with E-state index in [1.54, 1.807) is 19.2 Å². The van der Waals surface area contributed by atoms with Crippen LogP contribution in [0.3, 0.4) is 0 Å². The number of rotatable bonds is 5. The van der Waals surface area contributed by atoms with Crippen molar-refractivity contribution in [1.82, 2.24) is 14.7 Å². The van der Waals surface area contributed by atoms with Crippen molar-refractivity contribution in [2.45, 2.75) is 30.9 Å². The van der Waals surface area contributed by atoms with Crippen LogP contribution in [0.4, 0.5) is 0 Å². The van der Waals surface area contributed by atoms with Crippen molar-refractivity contribution in [2.24, 2.45) is 0 Å². The van der Waals surface area contributed by atoms with Gasteiger partial charge in [0.2, 0.25) is 10.0 Å². The standard InChI is InChI=1S/C13H16ClN3O2S/c1-13(3-4-13)20(18,19)17-5-2-9-7-15-11-8-16-12(14)6-10(9)11/h6-8,15,17H,2-5H2,1H3. The summed E-state index contributed by atoms with van der Waals surface area (Å²) in [4.78, 5) is 7.11. The molecule has 0 radical (unpaired) electrons. The van der Waals surface area contributed by atoms with Gasteiger partial charge >= 0.3 is 0 Å². The maximum Gasteiger partial charge on any atom is 0.217 e. The zero-order chi connectivity index (χ0) is 14.4. The minimum Gasteiger partial charge on any atom is -0.360 e. The van der Waals surface area contributed by atoms with E-state index in [0.717, 1.165) is 29.3 Å². The maximum absolute atomic E-state index is 12.0. The van der Waals surface area contributed by atoms with Gasteiger partial charge in [-0.15, -0.1) is 0 Å². The predicted octanol–water partition coefficient (Wildman–Crippen LogP) is 2.23. The van der Waals surface area contributed by atoms with E-state index in [4.69, 9.17) is 11.6 Å². The third kappa shape index (κ3) is 2.43. The van der Waals surface area contributed by atoms with Crippen LogP contribution in [0.25, 0.3) is 10.9 Å². The Hall–Kier alpha value is -1.11. The summed E-state index contributed by atoms with van der Waals surface area (Å²) in [5.41, 5.74) is 1.94. The number of halogens is 1. The van der Waals surface area contributed by atoms with Crippen molar-refractivity contribution >= 4 is 32.5 Å². The first-order chi connectivity index (χ1) is 9.41. The summed E-state index contributed by atoms with van der Waals surface area (Å²) >= 11 is 5.89. The lowest BCUT2D eigenvalue weighted by molar-refractivity contribution is 0.567. The highest BCUT2D eigenvalue weighted by Crippen LogP contribution is 2.42. The number of nitrogens with zero attached hydrogens (tertiary/aromatic N) is 1. The molecule has 2 aromatic rings. The third-order valence-electron chi connectivity index (χ3n) is 3.91. The molecule has 2 heterocycles. The minimum atomic E-state index is -3.20. The normalized spacial score (nSPS) is 17.5. The van der Waals surface area contributed by atoms with Gasteiger partial charge in [0.15, 0.2) is 0 Å². The van der Waals surface area contributed by atoms with Crippen LogP contribution in [0.2, 0.25) is 5.15 Å². The van der Waals surface area contributed by atoms with Crippen LogP contribution in [-0.4, -0.2) is 29.7 Å². The summed E-state index contributed by atoms with van der Waals surface area (Å²) in [6, 6.07) is 1.79. The first-order valence-electron chi connectivity index (χ1n) is 6.52. The second-order valence-electron chi connectivity index (χ2n) is 5.46. The number of fused-ring (bicyclic) bond motifs is 1. The van der Waals surface area contributed by atoms with Gasteiger partial charge in [-0.3, -0.25) is 0 Å². The predicted molar refractivity (Wildman–Crippen MR) is 79.4 cm³/mol. The molecule has 0 aromatic carbocycles. The summed E-state index contributed by atoms with van der Waals surface area (Å²) in [6.07, 6.45) is 5.66. The van der Waals surface area contributed by atoms with Crippen molar-refractivity contribution in [3.8, 4) is 0 Å². The van der Waals surface area contributed by atoms with Gasteiger partial charge in [0, 0.05) is 18.1 Å². The molecule has 2 N–H and O–H groups in total. The lowest BCUT2D eigenvalue weighted by Crippen LogP contribution is -2.35. The van der Waals surface area contributed by atoms with Crippen molar-refractivity contribution in [1.29, 1.82) is 0 Å². The van der Waals surface area contributed by atoms with Gasteiger partial charge in [-0.25, -0.2) is 18.1 Å². The van der Waals surface area contributed by atoms with Crippen molar-refractivity contribution in [3.63, 3.8) is 0 Å². The van der Waals surface area contributed by atoms with E-state index in [1.807, 2.05) is 6.20 Å². The fraction of sp³-hybridized carbons (Fsp3) is 0.462. The van der Waals surface area contributed by atoms with Crippen LogP contribution in [0.15, 0.2) is 18.5 Å². The Morgan fingerprint density at radius 2 is 2.25 bits per heavy atom. The molecule has 0 unspecified atom stereocenters. The fourth-order valence-electron chi connectivity index (χ4n) is 2.20. The molecule has 1 aliphatic rings. The number of H-pyrrole nitrogens is 1. The molecule has 0 bridgehead atoms. The number of aromatic amines is 1. The molecule has 0 spiro atoms. The Bertz CT molecular complexity index is 750. The van der Waals surface area contributed by atoms with Crippen molar-refractivity contribution in [3.05, 3.63) is 29.2 Å². The highest BCUT2D eigenvalue weighted by molar-refractivity contribution is 7.91. The Kier molecular flexibility index (Phi) is 3.27. The number of nitrogens with one attached hydrogen (secondary N) is 2. The highest BCUT2D eigenvalue weighted by atomic mass is 35.5. The summed E-state index contributed by atoms with van der Waals surface area (Å²) in [6.45, 7) is 2.18. The lowest BCUT2D eigenvalue weighted by atomic mass is 10.1. The average molecular weight is 314 g/mol. The van der Waals surface area contributed by atoms with Gasteiger partial charge < -0.3 is 4.98 Å². The number of hydrogen-bond acceptors (Lipinski definition) is 3. The van der Waals surface area contributed by atoms with Crippen LogP contribution in [-0.2, 0) is 16.4 Å². The maximum atomic E-state index is 12.0. The number of hydrogen-bond donors (Lipinski definition) is 2. The molecule has 108 valence electrons. The fourth-order valence-corrected chi connectivity index (χ4v) is 3.72. The Morgan fingerprint density at radius 3 is 2.95 bits per heavy atom. The Labute approximate surface area is 122 Å². The zero-order valence-electron chi connectivity index (χ0n) is 11.1. The summed E-state index contributed by atoms with van der Waals surface area (Å²) in [5, 5.41) is 1.42. The lowest BCUT2D eigenvalue weighted by Gasteiger charge is -2.11. The SMILES string of the molecule is CC1(S(=O)(=O)NCCc2c[nH]c3cnc(Cl)cc23)CC1. The van der Waals surface area contributed by atoms with Crippen LogP contribution in [0.5, 0.6) is 0 Å². The largest absolute Gasteiger partial charge is 0.360 e. The minimum absolute atomic E-state index is 0.394. The van der Waals surface area contributed by atoms with Crippen LogP contribution in [0, 0.1) is 0 Å². The highest BCUT2D eigenvalue weighted by Gasteiger charge is 2.49. The number of aromatic nitrogens is 2. The Balaban J connectivity index is 1.70. The van der Waals surface area contributed by atoms with Gasteiger partial charge in [0.25, 0.3) is 0 Å². The first kappa shape index (κ1) is 13.9. The molecule has 1 fully saturated rings. The molecule has 7 heteroatoms. The van der Waals surface area contributed by atoms with Gasteiger partial charge in [0.1, 0.15) is 5.15 Å². The van der Waals surface area contributed by atoms with Crippen molar-refractivity contribution in [2.75, 3.05) is 6.54 Å². The topological polar surface area (TPSA) is 74.8 Å². The van der Waals surface area contributed by atoms with E-state index in [0.29, 0.717) is 18.1 Å². The molecular weight excluding hydrogens is 298 g/mol. The Morgan fingerprint density at radius 1 is 1.50 bits per heavy atom. The van der Waals surface area contributed by atoms with E-state index in [9.17, 15) is 8.42 Å². The molecule has 0 saturated heterocycles.